The van der Waals surface area contributed by atoms with E-state index in [4.69, 9.17) is 0 Å². The highest BCUT2D eigenvalue weighted by Crippen LogP contribution is 2.27. The molecule has 0 aromatic carbocycles. The fourth-order valence-corrected chi connectivity index (χ4v) is 3.49. The molecule has 0 heterocycles. The fourth-order valence-electron chi connectivity index (χ4n) is 2.53. The van der Waals surface area contributed by atoms with E-state index in [2.05, 4.69) is 25.4 Å². The topological polar surface area (TPSA) is 32.3 Å². The van der Waals surface area contributed by atoms with Gasteiger partial charge in [0.2, 0.25) is 0 Å². The molecule has 0 aliphatic heterocycles. The number of thioether (sulfide) groups is 1. The highest BCUT2D eigenvalue weighted by molar-refractivity contribution is 7.99. The van der Waals surface area contributed by atoms with Gasteiger partial charge in [0.15, 0.2) is 0 Å². The summed E-state index contributed by atoms with van der Waals surface area (Å²) in [6.07, 6.45) is 8.26. The first-order valence-electron chi connectivity index (χ1n) is 6.57. The smallest absolute Gasteiger partial charge is 0.0667 e. The Morgan fingerprint density at radius 1 is 1.31 bits per heavy atom. The molecule has 96 valence electrons. The molecule has 1 aliphatic rings. The van der Waals surface area contributed by atoms with Gasteiger partial charge in [0.25, 0.3) is 0 Å². The van der Waals surface area contributed by atoms with Crippen LogP contribution >= 0.6 is 11.8 Å². The van der Waals surface area contributed by atoms with Gasteiger partial charge in [-0.1, -0.05) is 26.7 Å². The molecule has 1 aliphatic carbocycles. The van der Waals surface area contributed by atoms with Crippen LogP contribution in [0.1, 0.15) is 46.0 Å². The minimum Gasteiger partial charge on any atom is -0.392 e. The Bertz CT molecular complexity index is 187. The van der Waals surface area contributed by atoms with E-state index >= 15 is 0 Å². The average molecular weight is 245 g/mol. The number of hydrogen-bond donors (Lipinski definition) is 2. The Kier molecular flexibility index (Phi) is 6.78. The van der Waals surface area contributed by atoms with Gasteiger partial charge < -0.3 is 10.4 Å². The zero-order valence-corrected chi connectivity index (χ0v) is 11.7. The third-order valence-corrected chi connectivity index (χ3v) is 4.53. The normalized spacial score (nSPS) is 28.3. The summed E-state index contributed by atoms with van der Waals surface area (Å²) < 4.78 is 0. The highest BCUT2D eigenvalue weighted by Gasteiger charge is 2.24. The van der Waals surface area contributed by atoms with Gasteiger partial charge in [-0.2, -0.15) is 11.8 Å². The molecule has 1 saturated carbocycles. The zero-order valence-electron chi connectivity index (χ0n) is 10.9. The molecular formula is C13H27NOS. The molecule has 0 aromatic heterocycles. The Hall–Kier alpha value is 0.270. The monoisotopic (exact) mass is 245 g/mol. The highest BCUT2D eigenvalue weighted by atomic mass is 32.2. The lowest BCUT2D eigenvalue weighted by atomic mass is 9.94. The molecule has 3 atom stereocenters. The lowest BCUT2D eigenvalue weighted by Crippen LogP contribution is -2.43. The average Bonchev–Trinajstić information content (AvgIpc) is 2.26. The predicted octanol–water partition coefficient (Wildman–Crippen LogP) is 2.66. The maximum Gasteiger partial charge on any atom is 0.0667 e. The van der Waals surface area contributed by atoms with Gasteiger partial charge in [0, 0.05) is 17.8 Å². The Morgan fingerprint density at radius 3 is 2.62 bits per heavy atom. The number of aliphatic hydroxyl groups excluding tert-OH is 1. The third-order valence-electron chi connectivity index (χ3n) is 3.36. The predicted molar refractivity (Wildman–Crippen MR) is 73.0 cm³/mol. The summed E-state index contributed by atoms with van der Waals surface area (Å²) in [5, 5.41) is 14.1. The third kappa shape index (κ3) is 5.07. The van der Waals surface area contributed by atoms with Crippen molar-refractivity contribution in [3.8, 4) is 0 Å². The first-order chi connectivity index (χ1) is 7.63. The molecule has 0 aromatic rings. The van der Waals surface area contributed by atoms with E-state index in [1.54, 1.807) is 0 Å². The second-order valence-corrected chi connectivity index (χ2v) is 6.43. The van der Waals surface area contributed by atoms with E-state index in [0.717, 1.165) is 18.2 Å². The minimum absolute atomic E-state index is 0.176. The molecule has 1 fully saturated rings. The van der Waals surface area contributed by atoms with Crippen LogP contribution in [0, 0.1) is 5.92 Å². The van der Waals surface area contributed by atoms with Crippen LogP contribution < -0.4 is 5.32 Å². The van der Waals surface area contributed by atoms with E-state index in [1.807, 2.05) is 11.8 Å². The second-order valence-electron chi connectivity index (χ2n) is 5.36. The fraction of sp³-hybridized carbons (Fsp3) is 1.00. The van der Waals surface area contributed by atoms with E-state index in [-0.39, 0.29) is 6.10 Å². The number of aliphatic hydroxyl groups is 1. The largest absolute Gasteiger partial charge is 0.392 e. The molecular weight excluding hydrogens is 218 g/mol. The number of nitrogens with one attached hydrogen (secondary N) is 1. The molecule has 0 bridgehead atoms. The first kappa shape index (κ1) is 14.3. The van der Waals surface area contributed by atoms with Gasteiger partial charge in [-0.05, 0) is 31.4 Å². The van der Waals surface area contributed by atoms with E-state index in [0.29, 0.717) is 12.0 Å². The van der Waals surface area contributed by atoms with Crippen molar-refractivity contribution >= 4 is 11.8 Å². The van der Waals surface area contributed by atoms with Crippen molar-refractivity contribution in [2.24, 2.45) is 5.92 Å². The summed E-state index contributed by atoms with van der Waals surface area (Å²) in [5.41, 5.74) is 0. The van der Waals surface area contributed by atoms with Crippen LogP contribution in [0.25, 0.3) is 0 Å². The lowest BCUT2D eigenvalue weighted by Gasteiger charge is -2.32. The lowest BCUT2D eigenvalue weighted by molar-refractivity contribution is 0.140. The van der Waals surface area contributed by atoms with Crippen molar-refractivity contribution < 1.29 is 5.11 Å². The molecule has 2 N–H and O–H groups in total. The van der Waals surface area contributed by atoms with Crippen LogP contribution in [0.15, 0.2) is 0 Å². The van der Waals surface area contributed by atoms with Crippen molar-refractivity contribution in [1.82, 2.24) is 5.32 Å². The van der Waals surface area contributed by atoms with Crippen molar-refractivity contribution in [2.75, 3.05) is 12.8 Å². The summed E-state index contributed by atoms with van der Waals surface area (Å²) in [4.78, 5) is 0. The SMILES string of the molecule is CSC1CCCCC1NCC(O)CC(C)C. The van der Waals surface area contributed by atoms with Crippen LogP contribution in [-0.2, 0) is 0 Å². The molecule has 0 spiro atoms. The standard InChI is InChI=1S/C13H27NOS/c1-10(2)8-11(15)9-14-12-6-4-5-7-13(12)16-3/h10-15H,4-9H2,1-3H3. The number of hydrogen-bond acceptors (Lipinski definition) is 3. The molecule has 3 heteroatoms. The Balaban J connectivity index is 2.24. The van der Waals surface area contributed by atoms with Gasteiger partial charge in [0.1, 0.15) is 0 Å². The quantitative estimate of drug-likeness (QED) is 0.754. The number of rotatable bonds is 6. The first-order valence-corrected chi connectivity index (χ1v) is 7.86. The zero-order chi connectivity index (χ0) is 12.0. The molecule has 3 unspecified atom stereocenters. The molecule has 16 heavy (non-hydrogen) atoms. The summed E-state index contributed by atoms with van der Waals surface area (Å²) >= 11 is 1.98. The van der Waals surface area contributed by atoms with E-state index < -0.39 is 0 Å². The van der Waals surface area contributed by atoms with Gasteiger partial charge >= 0.3 is 0 Å². The molecule has 1 rings (SSSR count). The second kappa shape index (κ2) is 7.57. The minimum atomic E-state index is -0.176. The summed E-state index contributed by atoms with van der Waals surface area (Å²) in [6, 6.07) is 0.616. The van der Waals surface area contributed by atoms with Gasteiger partial charge in [0.05, 0.1) is 6.10 Å². The van der Waals surface area contributed by atoms with Crippen molar-refractivity contribution in [3.63, 3.8) is 0 Å². The summed E-state index contributed by atoms with van der Waals surface area (Å²) in [6.45, 7) is 5.09. The van der Waals surface area contributed by atoms with Crippen LogP contribution in [0.2, 0.25) is 0 Å². The van der Waals surface area contributed by atoms with Gasteiger partial charge in [-0.3, -0.25) is 0 Å². The molecule has 0 saturated heterocycles. The van der Waals surface area contributed by atoms with Crippen LogP contribution in [-0.4, -0.2) is 35.3 Å². The summed E-state index contributed by atoms with van der Waals surface area (Å²) in [5.74, 6) is 0.583. The van der Waals surface area contributed by atoms with Crippen LogP contribution in [0.5, 0.6) is 0 Å². The van der Waals surface area contributed by atoms with Crippen LogP contribution in [0.3, 0.4) is 0 Å². The Labute approximate surface area is 105 Å². The van der Waals surface area contributed by atoms with Crippen molar-refractivity contribution in [2.45, 2.75) is 63.3 Å². The van der Waals surface area contributed by atoms with E-state index in [1.165, 1.54) is 25.7 Å². The van der Waals surface area contributed by atoms with Crippen molar-refractivity contribution in [3.05, 3.63) is 0 Å². The molecule has 2 nitrogen and oxygen atoms in total. The maximum absolute atomic E-state index is 9.84. The summed E-state index contributed by atoms with van der Waals surface area (Å²) in [7, 11) is 0. The van der Waals surface area contributed by atoms with Gasteiger partial charge in [-0.15, -0.1) is 0 Å². The van der Waals surface area contributed by atoms with Crippen LogP contribution in [0.4, 0.5) is 0 Å². The van der Waals surface area contributed by atoms with Gasteiger partial charge in [-0.25, -0.2) is 0 Å². The van der Waals surface area contributed by atoms with Crippen molar-refractivity contribution in [1.29, 1.82) is 0 Å². The van der Waals surface area contributed by atoms with E-state index in [9.17, 15) is 5.11 Å². The molecule has 0 radical (unpaired) electrons. The Morgan fingerprint density at radius 2 is 2.00 bits per heavy atom. The molecule has 0 amide bonds. The maximum atomic E-state index is 9.84.